The first-order chi connectivity index (χ1) is 12.2. The molecule has 0 bridgehead atoms. The van der Waals surface area contributed by atoms with Gasteiger partial charge in [0.2, 0.25) is 11.0 Å². The monoisotopic (exact) mass is 374 g/mol. The highest BCUT2D eigenvalue weighted by atomic mass is 32.1. The predicted octanol–water partition coefficient (Wildman–Crippen LogP) is 2.96. The van der Waals surface area contributed by atoms with Crippen LogP contribution >= 0.6 is 22.7 Å². The zero-order valence-corrected chi connectivity index (χ0v) is 15.4. The van der Waals surface area contributed by atoms with Crippen LogP contribution in [0.2, 0.25) is 0 Å². The number of carbonyl (C=O) groups excluding carboxylic acids is 1. The van der Waals surface area contributed by atoms with Crippen molar-refractivity contribution in [1.82, 2.24) is 20.2 Å². The van der Waals surface area contributed by atoms with Crippen LogP contribution in [0, 0.1) is 5.92 Å². The van der Waals surface area contributed by atoms with Crippen LogP contribution in [0.15, 0.2) is 17.9 Å². The van der Waals surface area contributed by atoms with Crippen LogP contribution in [0.1, 0.15) is 24.6 Å². The molecule has 1 saturated heterocycles. The van der Waals surface area contributed by atoms with E-state index in [-0.39, 0.29) is 11.8 Å². The average molecular weight is 374 g/mol. The number of anilines is 2. The highest BCUT2D eigenvalue weighted by molar-refractivity contribution is 7.18. The SMILES string of the molecule is CCc1cc2c(N3CCC[C@@H](C(=O)Nc4nncs4)C3)ncnc2s1. The van der Waals surface area contributed by atoms with Gasteiger partial charge in [0, 0.05) is 18.0 Å². The lowest BCUT2D eigenvalue weighted by atomic mass is 9.97. The Morgan fingerprint density at radius 2 is 2.36 bits per heavy atom. The van der Waals surface area contributed by atoms with Gasteiger partial charge in [-0.3, -0.25) is 4.79 Å². The van der Waals surface area contributed by atoms with Crippen molar-refractivity contribution in [3.05, 3.63) is 22.8 Å². The number of piperidine rings is 1. The third-order valence-electron chi connectivity index (χ3n) is 4.39. The second kappa shape index (κ2) is 7.01. The number of nitrogens with one attached hydrogen (secondary N) is 1. The zero-order chi connectivity index (χ0) is 17.2. The van der Waals surface area contributed by atoms with Gasteiger partial charge in [0.15, 0.2) is 0 Å². The second-order valence-electron chi connectivity index (χ2n) is 6.00. The molecule has 0 spiro atoms. The van der Waals surface area contributed by atoms with E-state index in [0.29, 0.717) is 11.7 Å². The van der Waals surface area contributed by atoms with Crippen LogP contribution in [0.25, 0.3) is 10.2 Å². The highest BCUT2D eigenvalue weighted by Gasteiger charge is 2.28. The van der Waals surface area contributed by atoms with Crippen molar-refractivity contribution in [3.63, 3.8) is 0 Å². The first-order valence-corrected chi connectivity index (χ1v) is 9.99. The number of amides is 1. The van der Waals surface area contributed by atoms with E-state index < -0.39 is 0 Å². The molecule has 9 heteroatoms. The molecule has 0 unspecified atom stereocenters. The van der Waals surface area contributed by atoms with Gasteiger partial charge in [0.1, 0.15) is 22.5 Å². The van der Waals surface area contributed by atoms with E-state index in [9.17, 15) is 4.79 Å². The molecule has 0 aliphatic carbocycles. The van der Waals surface area contributed by atoms with Gasteiger partial charge in [0.25, 0.3) is 0 Å². The molecular weight excluding hydrogens is 356 g/mol. The Labute approximate surface area is 153 Å². The number of aryl methyl sites for hydroxylation is 1. The summed E-state index contributed by atoms with van der Waals surface area (Å²) in [6, 6.07) is 2.18. The maximum Gasteiger partial charge on any atom is 0.231 e. The first kappa shape index (κ1) is 16.3. The minimum Gasteiger partial charge on any atom is -0.355 e. The summed E-state index contributed by atoms with van der Waals surface area (Å²) in [4.78, 5) is 26.0. The minimum atomic E-state index is -0.0769. The molecule has 4 rings (SSSR count). The van der Waals surface area contributed by atoms with E-state index in [1.54, 1.807) is 23.2 Å². The topological polar surface area (TPSA) is 83.9 Å². The molecule has 130 valence electrons. The number of hydrogen-bond acceptors (Lipinski definition) is 8. The van der Waals surface area contributed by atoms with Gasteiger partial charge in [-0.2, -0.15) is 0 Å². The fourth-order valence-electron chi connectivity index (χ4n) is 3.14. The molecule has 25 heavy (non-hydrogen) atoms. The summed E-state index contributed by atoms with van der Waals surface area (Å²) >= 11 is 3.05. The Morgan fingerprint density at radius 3 is 3.16 bits per heavy atom. The van der Waals surface area contributed by atoms with Crippen molar-refractivity contribution in [2.45, 2.75) is 26.2 Å². The summed E-state index contributed by atoms with van der Waals surface area (Å²) in [5, 5.41) is 12.1. The van der Waals surface area contributed by atoms with E-state index in [4.69, 9.17) is 0 Å². The van der Waals surface area contributed by atoms with Crippen molar-refractivity contribution >= 4 is 49.7 Å². The largest absolute Gasteiger partial charge is 0.355 e. The van der Waals surface area contributed by atoms with Crippen LogP contribution in [-0.4, -0.2) is 39.2 Å². The summed E-state index contributed by atoms with van der Waals surface area (Å²) in [5.41, 5.74) is 1.61. The summed E-state index contributed by atoms with van der Waals surface area (Å²) in [7, 11) is 0. The Hall–Kier alpha value is -2.13. The molecule has 1 atom stereocenters. The van der Waals surface area contributed by atoms with Crippen LogP contribution in [-0.2, 0) is 11.2 Å². The standard InChI is InChI=1S/C16H18N6OS2/c1-2-11-6-12-13(17-8-18-15(12)25-11)22-5-3-4-10(7-22)14(23)20-16-21-19-9-24-16/h6,8-10H,2-5,7H2,1H3,(H,20,21,23)/t10-/m1/s1. The lowest BCUT2D eigenvalue weighted by molar-refractivity contribution is -0.120. The third-order valence-corrected chi connectivity index (χ3v) is 6.18. The third kappa shape index (κ3) is 3.34. The fraction of sp³-hybridized carbons (Fsp3) is 0.438. The Bertz CT molecular complexity index is 878. The molecule has 1 N–H and O–H groups in total. The summed E-state index contributed by atoms with van der Waals surface area (Å²) in [5.74, 6) is 0.868. The van der Waals surface area contributed by atoms with E-state index in [1.807, 2.05) is 0 Å². The highest BCUT2D eigenvalue weighted by Crippen LogP contribution is 2.32. The fourth-order valence-corrected chi connectivity index (χ4v) is 4.52. The van der Waals surface area contributed by atoms with E-state index in [2.05, 4.69) is 43.4 Å². The van der Waals surface area contributed by atoms with Gasteiger partial charge in [0.05, 0.1) is 11.3 Å². The maximum atomic E-state index is 12.5. The first-order valence-electron chi connectivity index (χ1n) is 8.30. The minimum absolute atomic E-state index is 0.00585. The van der Waals surface area contributed by atoms with Crippen LogP contribution in [0.3, 0.4) is 0 Å². The van der Waals surface area contributed by atoms with Crippen molar-refractivity contribution in [3.8, 4) is 0 Å². The number of hydrogen-bond donors (Lipinski definition) is 1. The molecule has 3 aromatic rings. The molecule has 0 saturated carbocycles. The van der Waals surface area contributed by atoms with Gasteiger partial charge < -0.3 is 10.2 Å². The number of thiophene rings is 1. The predicted molar refractivity (Wildman–Crippen MR) is 100 cm³/mol. The molecular formula is C16H18N6OS2. The van der Waals surface area contributed by atoms with Crippen molar-refractivity contribution in [2.24, 2.45) is 5.92 Å². The Balaban J connectivity index is 1.55. The quantitative estimate of drug-likeness (QED) is 0.756. The number of fused-ring (bicyclic) bond motifs is 1. The normalized spacial score (nSPS) is 17.8. The summed E-state index contributed by atoms with van der Waals surface area (Å²) < 4.78 is 0. The number of rotatable bonds is 4. The van der Waals surface area contributed by atoms with Crippen molar-refractivity contribution < 1.29 is 4.79 Å². The van der Waals surface area contributed by atoms with E-state index in [0.717, 1.165) is 41.8 Å². The Kier molecular flexibility index (Phi) is 4.58. The van der Waals surface area contributed by atoms with Crippen LogP contribution in [0.5, 0.6) is 0 Å². The van der Waals surface area contributed by atoms with Crippen LogP contribution < -0.4 is 10.2 Å². The molecule has 1 aliphatic rings. The molecule has 1 aliphatic heterocycles. The number of nitrogens with zero attached hydrogens (tertiary/aromatic N) is 5. The lowest BCUT2D eigenvalue weighted by Gasteiger charge is -2.32. The second-order valence-corrected chi connectivity index (χ2v) is 7.95. The van der Waals surface area contributed by atoms with E-state index in [1.165, 1.54) is 16.2 Å². The summed E-state index contributed by atoms with van der Waals surface area (Å²) in [6.07, 6.45) is 4.45. The average Bonchev–Trinajstić information content (AvgIpc) is 3.30. The molecule has 0 aromatic carbocycles. The molecule has 1 amide bonds. The van der Waals surface area contributed by atoms with Crippen molar-refractivity contribution in [2.75, 3.05) is 23.3 Å². The van der Waals surface area contributed by atoms with Gasteiger partial charge >= 0.3 is 0 Å². The van der Waals surface area contributed by atoms with Gasteiger partial charge in [-0.25, -0.2) is 9.97 Å². The van der Waals surface area contributed by atoms with Gasteiger partial charge in [-0.1, -0.05) is 18.3 Å². The van der Waals surface area contributed by atoms with Crippen molar-refractivity contribution in [1.29, 1.82) is 0 Å². The zero-order valence-electron chi connectivity index (χ0n) is 13.8. The van der Waals surface area contributed by atoms with Gasteiger partial charge in [-0.05, 0) is 25.3 Å². The molecule has 7 nitrogen and oxygen atoms in total. The number of carbonyl (C=O) groups is 1. The molecule has 0 radical (unpaired) electrons. The molecule has 3 aromatic heterocycles. The maximum absolute atomic E-state index is 12.5. The van der Waals surface area contributed by atoms with Crippen LogP contribution in [0.4, 0.5) is 10.9 Å². The number of aromatic nitrogens is 4. The molecule has 4 heterocycles. The summed E-state index contributed by atoms with van der Waals surface area (Å²) in [6.45, 7) is 3.71. The molecule has 1 fully saturated rings. The smallest absolute Gasteiger partial charge is 0.231 e. The van der Waals surface area contributed by atoms with E-state index >= 15 is 0 Å². The lowest BCUT2D eigenvalue weighted by Crippen LogP contribution is -2.41. The van der Waals surface area contributed by atoms with Gasteiger partial charge in [-0.15, -0.1) is 21.5 Å². The Morgan fingerprint density at radius 1 is 1.44 bits per heavy atom.